The van der Waals surface area contributed by atoms with Crippen molar-refractivity contribution in [2.24, 2.45) is 13.7 Å². The number of fused-ring (bicyclic) bond motifs is 1. The third kappa shape index (κ3) is 2.49. The van der Waals surface area contributed by atoms with Crippen LogP contribution >= 0.6 is 10.6 Å². The molecule has 2 aromatic rings. The maximum atomic E-state index is 11.5. The summed E-state index contributed by atoms with van der Waals surface area (Å²) in [5.41, 5.74) is 0.420. The van der Waals surface area contributed by atoms with Crippen molar-refractivity contribution in [3.05, 3.63) is 50.6 Å². The van der Waals surface area contributed by atoms with E-state index in [2.05, 4.69) is 13.7 Å². The molecule has 0 saturated carbocycles. The summed E-state index contributed by atoms with van der Waals surface area (Å²) < 4.78 is 39.6. The average Bonchev–Trinajstić information content (AvgIpc) is 2.48. The van der Waals surface area contributed by atoms with Crippen LogP contribution in [0.2, 0.25) is 0 Å². The van der Waals surface area contributed by atoms with Crippen molar-refractivity contribution in [2.75, 3.05) is 0 Å². The molecule has 0 amide bonds. The maximum Gasteiger partial charge on any atom is 0.295 e. The summed E-state index contributed by atoms with van der Waals surface area (Å²) in [6.07, 6.45) is 0. The Morgan fingerprint density at radius 3 is 2.00 bits per heavy atom. The molecular weight excluding hydrogens is 334 g/mol. The molecule has 9 nitrogen and oxygen atoms in total. The first-order valence-corrected chi connectivity index (χ1v) is 8.61. The van der Waals surface area contributed by atoms with Gasteiger partial charge in [-0.25, -0.2) is 0 Å². The molecule has 0 heterocycles. The van der Waals surface area contributed by atoms with Crippen LogP contribution in [0.3, 0.4) is 0 Å². The second-order valence-corrected chi connectivity index (χ2v) is 7.65. The van der Waals surface area contributed by atoms with E-state index in [-0.39, 0.29) is 15.7 Å². The highest BCUT2D eigenvalue weighted by atomic mass is 32.3. The normalized spacial score (nSPS) is 12.8. The molecule has 0 aliphatic rings. The van der Waals surface area contributed by atoms with E-state index in [0.717, 1.165) is 0 Å². The maximum absolute atomic E-state index is 11.5. The second kappa shape index (κ2) is 5.51. The molecule has 0 bridgehead atoms. The summed E-state index contributed by atoms with van der Waals surface area (Å²) in [6, 6.07) is 6.57. The lowest BCUT2D eigenvalue weighted by atomic mass is 10.1. The fourth-order valence-electron chi connectivity index (χ4n) is 2.08. The monoisotopic (exact) mass is 343 g/mol. The van der Waals surface area contributed by atoms with Crippen molar-refractivity contribution in [2.45, 2.75) is 16.7 Å². The van der Waals surface area contributed by atoms with Gasteiger partial charge in [-0.1, -0.05) is 18.2 Å². The first kappa shape index (κ1) is 16.1. The zero-order chi connectivity index (χ0) is 16.5. The van der Waals surface area contributed by atoms with E-state index < -0.39 is 25.6 Å². The number of hydrogen-bond donors (Lipinski definition) is 1. The van der Waals surface area contributed by atoms with Crippen LogP contribution in [0.15, 0.2) is 53.9 Å². The number of benzene rings is 2. The van der Waals surface area contributed by atoms with Crippen molar-refractivity contribution < 1.29 is 13.0 Å². The standard InChI is InChI=1S/C11H9N3O6S2/c1-7-5-9-8(11(6-7)22(18,19)20)3-2-4-10(9)21(12-15,13-16)14-17/h2-6H,1H3,(H,18,19,20). The summed E-state index contributed by atoms with van der Waals surface area (Å²) in [4.78, 5) is 32.2. The third-order valence-corrected chi connectivity index (χ3v) is 5.41. The van der Waals surface area contributed by atoms with Gasteiger partial charge in [-0.05, 0) is 24.6 Å². The van der Waals surface area contributed by atoms with Gasteiger partial charge in [0.15, 0.2) is 10.6 Å². The summed E-state index contributed by atoms with van der Waals surface area (Å²) >= 11 is 0. The molecule has 0 aromatic heterocycles. The predicted octanol–water partition coefficient (Wildman–Crippen LogP) is 3.60. The van der Waals surface area contributed by atoms with Crippen LogP contribution in [0.4, 0.5) is 0 Å². The zero-order valence-corrected chi connectivity index (χ0v) is 12.7. The molecule has 0 aliphatic carbocycles. The van der Waals surface area contributed by atoms with E-state index in [9.17, 15) is 27.7 Å². The van der Waals surface area contributed by atoms with Crippen LogP contribution in [-0.2, 0) is 10.1 Å². The van der Waals surface area contributed by atoms with Gasteiger partial charge in [-0.3, -0.25) is 4.55 Å². The van der Waals surface area contributed by atoms with E-state index in [1.54, 1.807) is 6.92 Å². The van der Waals surface area contributed by atoms with E-state index in [4.69, 9.17) is 0 Å². The largest absolute Gasteiger partial charge is 0.295 e. The molecular formula is C11H9N3O6S2. The number of aryl methyl sites for hydroxylation is 1. The molecule has 0 spiro atoms. The van der Waals surface area contributed by atoms with Crippen molar-refractivity contribution >= 4 is 31.5 Å². The van der Waals surface area contributed by atoms with Crippen molar-refractivity contribution in [3.63, 3.8) is 0 Å². The van der Waals surface area contributed by atoms with Gasteiger partial charge in [-0.15, -0.1) is 14.7 Å². The van der Waals surface area contributed by atoms with Crippen molar-refractivity contribution in [3.8, 4) is 0 Å². The molecule has 0 radical (unpaired) electrons. The highest BCUT2D eigenvalue weighted by Gasteiger charge is 2.34. The van der Waals surface area contributed by atoms with Crippen LogP contribution in [0, 0.1) is 21.6 Å². The van der Waals surface area contributed by atoms with Gasteiger partial charge in [0.1, 0.15) is 4.90 Å². The smallest absolute Gasteiger partial charge is 0.282 e. The summed E-state index contributed by atoms with van der Waals surface area (Å²) in [5, 5.41) is 0.113. The molecule has 2 aromatic carbocycles. The quantitative estimate of drug-likeness (QED) is 0.649. The van der Waals surface area contributed by atoms with Gasteiger partial charge < -0.3 is 0 Å². The van der Waals surface area contributed by atoms with E-state index in [0.29, 0.717) is 5.56 Å². The molecule has 1 N–H and O–H groups in total. The van der Waals surface area contributed by atoms with Gasteiger partial charge in [0, 0.05) is 24.5 Å². The molecule has 0 saturated heterocycles. The van der Waals surface area contributed by atoms with Crippen LogP contribution in [0.1, 0.15) is 5.56 Å². The summed E-state index contributed by atoms with van der Waals surface area (Å²) in [7, 11) is -8.31. The van der Waals surface area contributed by atoms with E-state index in [1.807, 2.05) is 0 Å². The number of hydrogen-bond acceptors (Lipinski definition) is 8. The van der Waals surface area contributed by atoms with E-state index >= 15 is 0 Å². The Morgan fingerprint density at radius 2 is 1.50 bits per heavy atom. The van der Waals surface area contributed by atoms with Gasteiger partial charge >= 0.3 is 0 Å². The number of rotatable bonds is 5. The van der Waals surface area contributed by atoms with Crippen LogP contribution in [0.25, 0.3) is 10.8 Å². The first-order valence-electron chi connectivity index (χ1n) is 5.67. The minimum absolute atomic E-state index is 0.0263. The first-order chi connectivity index (χ1) is 10.3. The van der Waals surface area contributed by atoms with Crippen molar-refractivity contribution in [1.29, 1.82) is 0 Å². The van der Waals surface area contributed by atoms with Crippen LogP contribution < -0.4 is 0 Å². The summed E-state index contributed by atoms with van der Waals surface area (Å²) in [6.45, 7) is 1.54. The molecule has 0 aliphatic heterocycles. The summed E-state index contributed by atoms with van der Waals surface area (Å²) in [5.74, 6) is 0. The molecule has 116 valence electrons. The Labute approximate surface area is 126 Å². The predicted molar refractivity (Wildman–Crippen MR) is 81.7 cm³/mol. The van der Waals surface area contributed by atoms with Crippen LogP contribution in [-0.4, -0.2) is 13.0 Å². The molecule has 11 heteroatoms. The Morgan fingerprint density at radius 1 is 0.909 bits per heavy atom. The SMILES string of the molecule is Cc1cc(S(=O)(=O)O)c2cccc(S(N=O)(N=O)N=O)c2c1. The minimum Gasteiger partial charge on any atom is -0.282 e. The van der Waals surface area contributed by atoms with Crippen molar-refractivity contribution in [1.82, 2.24) is 0 Å². The van der Waals surface area contributed by atoms with Gasteiger partial charge in [0.05, 0.1) is 4.90 Å². The van der Waals surface area contributed by atoms with E-state index in [1.165, 1.54) is 30.3 Å². The molecule has 22 heavy (non-hydrogen) atoms. The Kier molecular flexibility index (Phi) is 4.04. The fraction of sp³-hybridized carbons (Fsp3) is 0.0909. The topological polar surface area (TPSA) is 143 Å². The molecule has 0 atom stereocenters. The lowest BCUT2D eigenvalue weighted by Gasteiger charge is -2.17. The fourth-order valence-corrected chi connectivity index (χ4v) is 3.91. The van der Waals surface area contributed by atoms with Gasteiger partial charge in [0.25, 0.3) is 10.1 Å². The lowest BCUT2D eigenvalue weighted by Crippen LogP contribution is -2.01. The molecule has 2 rings (SSSR count). The Balaban J connectivity index is 3.03. The number of nitroso groups, excluding NO2 is 3. The van der Waals surface area contributed by atoms with Gasteiger partial charge in [0.2, 0.25) is 0 Å². The number of nitrogens with zero attached hydrogens (tertiary/aromatic N) is 3. The highest BCUT2D eigenvalue weighted by molar-refractivity contribution is 8.30. The highest BCUT2D eigenvalue weighted by Crippen LogP contribution is 2.61. The Hall–Kier alpha value is -2.24. The van der Waals surface area contributed by atoms with Gasteiger partial charge in [-0.2, -0.15) is 8.42 Å². The molecule has 0 fully saturated rings. The molecule has 0 unspecified atom stereocenters. The lowest BCUT2D eigenvalue weighted by molar-refractivity contribution is 0.484. The third-order valence-electron chi connectivity index (χ3n) is 2.95. The minimum atomic E-state index is -4.55. The zero-order valence-electron chi connectivity index (χ0n) is 11.0. The average molecular weight is 343 g/mol. The van der Waals surface area contributed by atoms with Crippen LogP contribution in [0.5, 0.6) is 0 Å². The Bertz CT molecular complexity index is 874. The second-order valence-electron chi connectivity index (χ2n) is 4.33.